The van der Waals surface area contributed by atoms with Crippen molar-refractivity contribution in [1.82, 2.24) is 4.67 Å². The maximum absolute atomic E-state index is 6.55. The van der Waals surface area contributed by atoms with Crippen LogP contribution in [-0.2, 0) is 0 Å². The van der Waals surface area contributed by atoms with Gasteiger partial charge in [-0.1, -0.05) is 91.0 Å². The van der Waals surface area contributed by atoms with Gasteiger partial charge >= 0.3 is 0 Å². The van der Waals surface area contributed by atoms with Gasteiger partial charge in [-0.2, -0.15) is 13.5 Å². The Labute approximate surface area is 214 Å². The normalized spacial score (nSPS) is 21.4. The summed E-state index contributed by atoms with van der Waals surface area (Å²) in [5.74, 6) is -6.35. The highest BCUT2D eigenvalue weighted by molar-refractivity contribution is 8.21. The molecule has 0 saturated heterocycles. The van der Waals surface area contributed by atoms with E-state index in [0.29, 0.717) is 0 Å². The minimum absolute atomic E-state index is 1.05. The van der Waals surface area contributed by atoms with Gasteiger partial charge in [0.1, 0.15) is 0 Å². The van der Waals surface area contributed by atoms with Crippen molar-refractivity contribution in [3.05, 3.63) is 91.0 Å². The Kier molecular flexibility index (Phi) is 7.80. The topological polar surface area (TPSA) is 52.7 Å². The zero-order chi connectivity index (χ0) is 23.7. The number of nitrogens with zero attached hydrogens (tertiary/aromatic N) is 5. The molecule has 0 fully saturated rings. The summed E-state index contributed by atoms with van der Waals surface area (Å²) in [5, 5.41) is 3.16. The van der Waals surface area contributed by atoms with Crippen molar-refractivity contribution in [3.8, 4) is 0 Å². The lowest BCUT2D eigenvalue weighted by Gasteiger charge is -2.34. The van der Waals surface area contributed by atoms with Crippen LogP contribution in [0, 0.1) is 0 Å². The molecular weight excluding hydrogens is 576 g/mol. The standard InChI is InChI=1S/C20H21Cl4N5P4/c1-29(2)33(27-31(21,22)26-32(23,24)28-33)25-30(18-12-6-3-7-13-18,19-14-8-4-9-15-19)20-16-10-5-11-17-20/h3-17H,1-2H3. The Bertz CT molecular complexity index is 1260. The number of rotatable bonds is 5. The van der Waals surface area contributed by atoms with Crippen LogP contribution in [0.5, 0.6) is 0 Å². The minimum Gasteiger partial charge on any atom is -0.240 e. The summed E-state index contributed by atoms with van der Waals surface area (Å²) in [6.07, 6.45) is 0. The van der Waals surface area contributed by atoms with E-state index in [0.717, 1.165) is 15.9 Å². The van der Waals surface area contributed by atoms with Gasteiger partial charge in [0.2, 0.25) is 0 Å². The van der Waals surface area contributed by atoms with Crippen LogP contribution in [0.15, 0.2) is 109 Å². The van der Waals surface area contributed by atoms with Gasteiger partial charge in [-0.05, 0) is 59.1 Å². The van der Waals surface area contributed by atoms with Gasteiger partial charge < -0.3 is 0 Å². The van der Waals surface area contributed by atoms with E-state index < -0.39 is 26.4 Å². The molecule has 0 spiro atoms. The number of benzene rings is 3. The average molecular weight is 597 g/mol. The molecule has 0 N–H and O–H groups in total. The molecule has 174 valence electrons. The molecule has 3 aromatic rings. The van der Waals surface area contributed by atoms with Crippen LogP contribution in [-0.4, -0.2) is 18.8 Å². The van der Waals surface area contributed by atoms with Crippen LogP contribution < -0.4 is 15.9 Å². The van der Waals surface area contributed by atoms with Gasteiger partial charge in [-0.15, -0.1) is 0 Å². The first-order valence-corrected chi connectivity index (χ1v) is 20.1. The number of hydrogen-bond acceptors (Lipinski definition) is 5. The van der Waals surface area contributed by atoms with E-state index in [4.69, 9.17) is 58.5 Å². The van der Waals surface area contributed by atoms with Crippen LogP contribution in [0.4, 0.5) is 0 Å². The Morgan fingerprint density at radius 2 is 0.970 bits per heavy atom. The molecule has 0 amide bonds. The van der Waals surface area contributed by atoms with E-state index in [9.17, 15) is 0 Å². The molecule has 1 atom stereocenters. The molecule has 0 radical (unpaired) electrons. The number of halogens is 4. The van der Waals surface area contributed by atoms with Crippen molar-refractivity contribution in [2.24, 2.45) is 18.1 Å². The van der Waals surface area contributed by atoms with Gasteiger partial charge in [-0.25, -0.2) is 9.19 Å². The molecule has 1 aliphatic rings. The summed E-state index contributed by atoms with van der Waals surface area (Å²) in [6, 6.07) is 30.6. The lowest BCUT2D eigenvalue weighted by atomic mass is 10.4. The predicted octanol–water partition coefficient (Wildman–Crippen LogP) is 9.53. The summed E-state index contributed by atoms with van der Waals surface area (Å²) < 4.78 is 21.1. The highest BCUT2D eigenvalue weighted by Crippen LogP contribution is 2.87. The second-order valence-electron chi connectivity index (χ2n) is 7.30. The molecule has 33 heavy (non-hydrogen) atoms. The first-order chi connectivity index (χ1) is 15.6. The summed E-state index contributed by atoms with van der Waals surface area (Å²) in [5.41, 5.74) is 0. The molecule has 0 aliphatic carbocycles. The SMILES string of the molecule is CN(C)P1(N=P(c2ccccc2)(c2ccccc2)c2ccccc2)=NP(Cl)(Cl)=NP(Cl)(Cl)=N1. The van der Waals surface area contributed by atoms with Crippen LogP contribution in [0.1, 0.15) is 0 Å². The van der Waals surface area contributed by atoms with Crippen LogP contribution in [0.3, 0.4) is 0 Å². The maximum Gasteiger partial charge on any atom is 0.263 e. The van der Waals surface area contributed by atoms with E-state index in [1.807, 2.05) is 73.4 Å². The largest absolute Gasteiger partial charge is 0.263 e. The Hall–Kier alpha value is -0.300. The highest BCUT2D eigenvalue weighted by Gasteiger charge is 2.39. The third kappa shape index (κ3) is 5.44. The fourth-order valence-electron chi connectivity index (χ4n) is 3.46. The van der Waals surface area contributed by atoms with E-state index in [1.54, 1.807) is 0 Å². The third-order valence-electron chi connectivity index (χ3n) is 4.85. The predicted molar refractivity (Wildman–Crippen MR) is 153 cm³/mol. The van der Waals surface area contributed by atoms with Crippen molar-refractivity contribution in [2.75, 3.05) is 14.1 Å². The van der Waals surface area contributed by atoms with E-state index in [-0.39, 0.29) is 0 Å². The molecule has 0 aromatic heterocycles. The molecule has 1 unspecified atom stereocenters. The third-order valence-corrected chi connectivity index (χ3v) is 21.3. The fraction of sp³-hybridized carbons (Fsp3) is 0.100. The van der Waals surface area contributed by atoms with Crippen LogP contribution in [0.25, 0.3) is 0 Å². The van der Waals surface area contributed by atoms with Crippen molar-refractivity contribution < 1.29 is 0 Å². The van der Waals surface area contributed by atoms with E-state index in [1.165, 1.54) is 0 Å². The fourth-order valence-corrected chi connectivity index (χ4v) is 24.5. The minimum atomic E-state index is -3.18. The summed E-state index contributed by atoms with van der Waals surface area (Å²) in [7, 11) is -2.03. The molecule has 5 nitrogen and oxygen atoms in total. The van der Waals surface area contributed by atoms with Crippen molar-refractivity contribution >= 4 is 87.3 Å². The highest BCUT2D eigenvalue weighted by atomic mass is 35.9. The van der Waals surface area contributed by atoms with Gasteiger partial charge in [0.25, 0.3) is 19.3 Å². The summed E-state index contributed by atoms with van der Waals surface area (Å²) >= 11 is 26.2. The van der Waals surface area contributed by atoms with Crippen LogP contribution in [0.2, 0.25) is 0 Å². The lowest BCUT2D eigenvalue weighted by Crippen LogP contribution is -2.25. The zero-order valence-corrected chi connectivity index (χ0v) is 24.3. The molecule has 3 aromatic carbocycles. The van der Waals surface area contributed by atoms with Crippen molar-refractivity contribution in [1.29, 1.82) is 0 Å². The second-order valence-corrected chi connectivity index (χ2v) is 23.4. The van der Waals surface area contributed by atoms with Crippen LogP contribution >= 0.6 is 71.3 Å². The zero-order valence-electron chi connectivity index (χ0n) is 17.7. The van der Waals surface area contributed by atoms with E-state index >= 15 is 0 Å². The number of hydrogen-bond donors (Lipinski definition) is 0. The monoisotopic (exact) mass is 595 g/mol. The quantitative estimate of drug-likeness (QED) is 0.271. The second kappa shape index (κ2) is 9.99. The Morgan fingerprint density at radius 3 is 1.30 bits per heavy atom. The first kappa shape index (κ1) is 25.8. The molecule has 1 heterocycles. The Morgan fingerprint density at radius 1 is 0.606 bits per heavy atom. The first-order valence-electron chi connectivity index (χ1n) is 9.77. The van der Waals surface area contributed by atoms with Gasteiger partial charge in [0.15, 0.2) is 0 Å². The molecule has 4 rings (SSSR count). The summed E-state index contributed by atoms with van der Waals surface area (Å²) in [6.45, 7) is 0. The molecule has 0 bridgehead atoms. The lowest BCUT2D eigenvalue weighted by molar-refractivity contribution is 0.669. The van der Waals surface area contributed by atoms with Crippen molar-refractivity contribution in [3.63, 3.8) is 0 Å². The average Bonchev–Trinajstić information content (AvgIpc) is 2.77. The van der Waals surface area contributed by atoms with Gasteiger partial charge in [-0.3, -0.25) is 0 Å². The molecule has 1 aliphatic heterocycles. The molecule has 13 heteroatoms. The molecule has 0 saturated carbocycles. The van der Waals surface area contributed by atoms with Gasteiger partial charge in [0.05, 0.1) is 7.05 Å². The van der Waals surface area contributed by atoms with E-state index in [2.05, 4.69) is 40.9 Å². The van der Waals surface area contributed by atoms with Gasteiger partial charge in [0, 0.05) is 15.9 Å². The summed E-state index contributed by atoms with van der Waals surface area (Å²) in [4.78, 5) is 0. The van der Waals surface area contributed by atoms with Crippen molar-refractivity contribution in [2.45, 2.75) is 0 Å². The maximum atomic E-state index is 6.55. The Balaban J connectivity index is 2.27. The smallest absolute Gasteiger partial charge is 0.240 e. The molecular formula is C20H21Cl4N5P4.